The molecule has 0 bridgehead atoms. The Morgan fingerprint density at radius 1 is 0.871 bits per heavy atom. The van der Waals surface area contributed by atoms with Crippen molar-refractivity contribution < 1.29 is 13.2 Å². The number of sulfonamides is 1. The summed E-state index contributed by atoms with van der Waals surface area (Å²) in [7, 11) is -3.91. The summed E-state index contributed by atoms with van der Waals surface area (Å²) in [4.78, 5) is 13.1. The van der Waals surface area contributed by atoms with Crippen molar-refractivity contribution in [1.82, 2.24) is 5.32 Å². The number of hydrogen-bond donors (Lipinski definition) is 1. The van der Waals surface area contributed by atoms with Crippen LogP contribution in [0.15, 0.2) is 77.7 Å². The van der Waals surface area contributed by atoms with Gasteiger partial charge in [0.15, 0.2) is 0 Å². The van der Waals surface area contributed by atoms with Gasteiger partial charge in [-0.05, 0) is 68.1 Å². The molecule has 0 radical (unpaired) electrons. The fourth-order valence-corrected chi connectivity index (χ4v) is 4.90. The zero-order valence-corrected chi connectivity index (χ0v) is 19.1. The van der Waals surface area contributed by atoms with E-state index in [2.05, 4.69) is 5.32 Å². The molecule has 0 spiro atoms. The minimum atomic E-state index is -3.91. The summed E-state index contributed by atoms with van der Waals surface area (Å²) in [5.41, 5.74) is 4.57. The van der Waals surface area contributed by atoms with Crippen LogP contribution in [0.25, 0.3) is 0 Å². The average molecular weight is 437 g/mol. The predicted octanol–water partition coefficient (Wildman–Crippen LogP) is 4.68. The molecular formula is C25H28N2O3S. The van der Waals surface area contributed by atoms with Crippen LogP contribution in [0.4, 0.5) is 5.69 Å². The molecule has 6 heteroatoms. The molecule has 0 aliphatic carbocycles. The second-order valence-corrected chi connectivity index (χ2v) is 9.61. The number of para-hydroxylation sites is 1. The van der Waals surface area contributed by atoms with E-state index >= 15 is 0 Å². The molecule has 0 saturated heterocycles. The van der Waals surface area contributed by atoms with Gasteiger partial charge < -0.3 is 5.32 Å². The predicted molar refractivity (Wildman–Crippen MR) is 125 cm³/mol. The molecule has 0 aromatic heterocycles. The number of hydrogen-bond acceptors (Lipinski definition) is 3. The number of carbonyl (C=O) groups excluding carboxylic acids is 1. The van der Waals surface area contributed by atoms with Gasteiger partial charge in [0.05, 0.1) is 16.6 Å². The van der Waals surface area contributed by atoms with Crippen LogP contribution in [0.5, 0.6) is 0 Å². The summed E-state index contributed by atoms with van der Waals surface area (Å²) in [6.07, 6.45) is 0. The number of carbonyl (C=O) groups is 1. The molecule has 162 valence electrons. The lowest BCUT2D eigenvalue weighted by Gasteiger charge is -2.26. The molecule has 0 unspecified atom stereocenters. The van der Waals surface area contributed by atoms with Crippen molar-refractivity contribution in [3.63, 3.8) is 0 Å². The first kappa shape index (κ1) is 22.6. The van der Waals surface area contributed by atoms with Crippen molar-refractivity contribution in [2.75, 3.05) is 10.8 Å². The fraction of sp³-hybridized carbons (Fsp3) is 0.240. The normalized spacial score (nSPS) is 12.3. The van der Waals surface area contributed by atoms with E-state index in [0.29, 0.717) is 5.69 Å². The van der Waals surface area contributed by atoms with Crippen molar-refractivity contribution >= 4 is 21.6 Å². The highest BCUT2D eigenvalue weighted by Gasteiger charge is 2.28. The first-order chi connectivity index (χ1) is 14.7. The standard InChI is InChI=1S/C25H28N2O3S/c1-18-14-15-22(16-20(18)3)21(4)26-25(28)17-27(24-13-9-8-10-19(24)2)31(29,30)23-11-6-5-7-12-23/h5-16,21H,17H2,1-4H3,(H,26,28)/t21-/m0/s1. The van der Waals surface area contributed by atoms with Gasteiger partial charge in [-0.1, -0.05) is 54.6 Å². The molecule has 0 fully saturated rings. The molecule has 0 aliphatic rings. The molecule has 1 N–H and O–H groups in total. The van der Waals surface area contributed by atoms with Crippen molar-refractivity contribution in [3.8, 4) is 0 Å². The number of rotatable bonds is 7. The number of nitrogens with one attached hydrogen (secondary N) is 1. The Bertz CT molecular complexity index is 1170. The number of anilines is 1. The monoisotopic (exact) mass is 436 g/mol. The van der Waals surface area contributed by atoms with Gasteiger partial charge in [0.1, 0.15) is 6.54 Å². The second kappa shape index (κ2) is 9.35. The lowest BCUT2D eigenvalue weighted by Crippen LogP contribution is -2.41. The summed E-state index contributed by atoms with van der Waals surface area (Å²) in [6, 6.07) is 21.1. The van der Waals surface area contributed by atoms with E-state index < -0.39 is 10.0 Å². The Morgan fingerprint density at radius 2 is 1.52 bits per heavy atom. The molecule has 31 heavy (non-hydrogen) atoms. The maximum Gasteiger partial charge on any atom is 0.264 e. The Morgan fingerprint density at radius 3 is 2.16 bits per heavy atom. The summed E-state index contributed by atoms with van der Waals surface area (Å²) in [6.45, 7) is 7.48. The maximum absolute atomic E-state index is 13.4. The van der Waals surface area contributed by atoms with Crippen molar-refractivity contribution in [2.45, 2.75) is 38.6 Å². The van der Waals surface area contributed by atoms with E-state index in [-0.39, 0.29) is 23.4 Å². The van der Waals surface area contributed by atoms with Gasteiger partial charge in [-0.3, -0.25) is 9.10 Å². The van der Waals surface area contributed by atoms with Crippen LogP contribution in [0.3, 0.4) is 0 Å². The third-order valence-electron chi connectivity index (χ3n) is 5.41. The Balaban J connectivity index is 1.89. The van der Waals surface area contributed by atoms with Crippen molar-refractivity contribution in [1.29, 1.82) is 0 Å². The van der Waals surface area contributed by atoms with Gasteiger partial charge in [0.2, 0.25) is 5.91 Å². The van der Waals surface area contributed by atoms with E-state index in [0.717, 1.165) is 16.7 Å². The van der Waals surface area contributed by atoms with E-state index in [9.17, 15) is 13.2 Å². The topological polar surface area (TPSA) is 66.5 Å². The molecular weight excluding hydrogens is 408 g/mol. The van der Waals surface area contributed by atoms with Gasteiger partial charge in [0, 0.05) is 0 Å². The number of amides is 1. The van der Waals surface area contributed by atoms with E-state index in [1.807, 2.05) is 58.0 Å². The molecule has 0 saturated carbocycles. The summed E-state index contributed by atoms with van der Waals surface area (Å²) < 4.78 is 28.0. The van der Waals surface area contributed by atoms with Crippen molar-refractivity contribution in [2.24, 2.45) is 0 Å². The Labute approximate surface area is 184 Å². The van der Waals surface area contributed by atoms with Gasteiger partial charge in [-0.25, -0.2) is 8.42 Å². The van der Waals surface area contributed by atoms with Gasteiger partial charge in [-0.15, -0.1) is 0 Å². The van der Waals surface area contributed by atoms with E-state index in [4.69, 9.17) is 0 Å². The van der Waals surface area contributed by atoms with Crippen LogP contribution < -0.4 is 9.62 Å². The third-order valence-corrected chi connectivity index (χ3v) is 7.18. The van der Waals surface area contributed by atoms with Crippen LogP contribution in [0.1, 0.15) is 35.2 Å². The molecule has 1 atom stereocenters. The molecule has 5 nitrogen and oxygen atoms in total. The summed E-state index contributed by atoms with van der Waals surface area (Å²) >= 11 is 0. The van der Waals surface area contributed by atoms with Crippen molar-refractivity contribution in [3.05, 3.63) is 95.1 Å². The van der Waals surface area contributed by atoms with Gasteiger partial charge in [0.25, 0.3) is 10.0 Å². The molecule has 3 aromatic carbocycles. The Kier molecular flexibility index (Phi) is 6.81. The van der Waals surface area contributed by atoms with Crippen LogP contribution in [-0.4, -0.2) is 20.9 Å². The highest BCUT2D eigenvalue weighted by molar-refractivity contribution is 7.92. The molecule has 0 heterocycles. The first-order valence-corrected chi connectivity index (χ1v) is 11.6. The molecule has 3 rings (SSSR count). The van der Waals surface area contributed by atoms with Crippen LogP contribution in [0.2, 0.25) is 0 Å². The SMILES string of the molecule is Cc1ccc([C@H](C)NC(=O)CN(c2ccccc2C)S(=O)(=O)c2ccccc2)cc1C. The van der Waals surface area contributed by atoms with Gasteiger partial charge in [-0.2, -0.15) is 0 Å². The first-order valence-electron chi connectivity index (χ1n) is 10.2. The molecule has 0 aliphatic heterocycles. The molecule has 1 amide bonds. The van der Waals surface area contributed by atoms with Crippen LogP contribution in [0, 0.1) is 20.8 Å². The largest absolute Gasteiger partial charge is 0.348 e. The zero-order valence-electron chi connectivity index (χ0n) is 18.3. The van der Waals surface area contributed by atoms with Crippen LogP contribution >= 0.6 is 0 Å². The fourth-order valence-electron chi connectivity index (χ4n) is 3.40. The number of benzene rings is 3. The highest BCUT2D eigenvalue weighted by Crippen LogP contribution is 2.26. The summed E-state index contributed by atoms with van der Waals surface area (Å²) in [5.74, 6) is -0.367. The quantitative estimate of drug-likeness (QED) is 0.585. The Hall–Kier alpha value is -3.12. The van der Waals surface area contributed by atoms with E-state index in [1.165, 1.54) is 22.0 Å². The zero-order chi connectivity index (χ0) is 22.6. The number of aryl methyl sites for hydroxylation is 3. The smallest absolute Gasteiger partial charge is 0.264 e. The average Bonchev–Trinajstić information content (AvgIpc) is 2.75. The third kappa shape index (κ3) is 5.14. The minimum Gasteiger partial charge on any atom is -0.348 e. The highest BCUT2D eigenvalue weighted by atomic mass is 32.2. The van der Waals surface area contributed by atoms with E-state index in [1.54, 1.807) is 30.3 Å². The minimum absolute atomic E-state index is 0.147. The second-order valence-electron chi connectivity index (χ2n) is 7.74. The maximum atomic E-state index is 13.4. The lowest BCUT2D eigenvalue weighted by atomic mass is 10.0. The van der Waals surface area contributed by atoms with Gasteiger partial charge >= 0.3 is 0 Å². The lowest BCUT2D eigenvalue weighted by molar-refractivity contribution is -0.120. The molecule has 3 aromatic rings. The number of nitrogens with zero attached hydrogens (tertiary/aromatic N) is 1. The summed E-state index contributed by atoms with van der Waals surface area (Å²) in [5, 5.41) is 2.94. The van der Waals surface area contributed by atoms with Crippen LogP contribution in [-0.2, 0) is 14.8 Å².